The topological polar surface area (TPSA) is 115 Å². The summed E-state index contributed by atoms with van der Waals surface area (Å²) in [5, 5.41) is 30.8. The van der Waals surface area contributed by atoms with Gasteiger partial charge in [-0.15, -0.1) is 6.42 Å². The molecule has 2 aromatic carbocycles. The van der Waals surface area contributed by atoms with Gasteiger partial charge in [0.05, 0.1) is 6.61 Å². The van der Waals surface area contributed by atoms with Crippen molar-refractivity contribution in [3.8, 4) is 18.1 Å². The van der Waals surface area contributed by atoms with Crippen LogP contribution in [0.25, 0.3) is 0 Å². The number of carbonyl (C=O) groups excluding carboxylic acids is 1. The summed E-state index contributed by atoms with van der Waals surface area (Å²) in [7, 11) is 0. The van der Waals surface area contributed by atoms with E-state index in [1.807, 2.05) is 36.4 Å². The molecule has 0 aromatic heterocycles. The van der Waals surface area contributed by atoms with Gasteiger partial charge >= 0.3 is 6.16 Å². The molecule has 0 radical (unpaired) electrons. The molecule has 0 unspecified atom stereocenters. The Balaban J connectivity index is 1.72. The fraction of sp³-hybridized carbons (Fsp3) is 0.375. The van der Waals surface area contributed by atoms with Crippen LogP contribution >= 0.6 is 0 Å². The average Bonchev–Trinajstić information content (AvgIpc) is 2.80. The molecule has 1 fully saturated rings. The third-order valence-electron chi connectivity index (χ3n) is 5.03. The van der Waals surface area contributed by atoms with E-state index in [1.165, 1.54) is 0 Å². The van der Waals surface area contributed by atoms with Crippen molar-refractivity contribution in [2.24, 2.45) is 0 Å². The summed E-state index contributed by atoms with van der Waals surface area (Å²) < 4.78 is 21.0. The first-order valence-corrected chi connectivity index (χ1v) is 10.2. The van der Waals surface area contributed by atoms with Gasteiger partial charge in [-0.05, 0) is 36.2 Å². The average molecular weight is 442 g/mol. The Morgan fingerprint density at radius 2 is 1.75 bits per heavy atom. The van der Waals surface area contributed by atoms with Crippen LogP contribution in [0.15, 0.2) is 48.5 Å². The van der Waals surface area contributed by atoms with Crippen LogP contribution in [0.1, 0.15) is 23.6 Å². The van der Waals surface area contributed by atoms with Crippen LogP contribution in [0.3, 0.4) is 0 Å². The molecule has 8 heteroatoms. The first kappa shape index (κ1) is 23.6. The molecule has 0 spiro atoms. The highest BCUT2D eigenvalue weighted by molar-refractivity contribution is 5.59. The standard InChI is InChI=1S/C24H26O8/c1-3-15-9-11-16(12-10-15)13-17-7-5-6-8-18(17)31-23-22(27)21(26)20(25)19(32-23)14-30-24(28)29-4-2/h1,5-12,19-23,25-27H,4,13-14H2,2H3/t19-,20-,21+,22-,23-/m1/s1. The van der Waals surface area contributed by atoms with Crippen molar-refractivity contribution in [1.82, 2.24) is 0 Å². The molecule has 170 valence electrons. The fourth-order valence-corrected chi connectivity index (χ4v) is 3.29. The number of hydrogen-bond donors (Lipinski definition) is 3. The van der Waals surface area contributed by atoms with E-state index in [4.69, 9.17) is 20.6 Å². The molecular formula is C24H26O8. The van der Waals surface area contributed by atoms with Gasteiger partial charge in [0.25, 0.3) is 0 Å². The zero-order valence-corrected chi connectivity index (χ0v) is 17.6. The van der Waals surface area contributed by atoms with E-state index >= 15 is 0 Å². The van der Waals surface area contributed by atoms with Crippen molar-refractivity contribution >= 4 is 6.16 Å². The molecule has 8 nitrogen and oxygen atoms in total. The normalized spacial score (nSPS) is 24.9. The van der Waals surface area contributed by atoms with E-state index in [2.05, 4.69) is 10.7 Å². The molecule has 1 aliphatic heterocycles. The van der Waals surface area contributed by atoms with Gasteiger partial charge < -0.3 is 34.3 Å². The lowest BCUT2D eigenvalue weighted by Crippen LogP contribution is -2.60. The van der Waals surface area contributed by atoms with Gasteiger partial charge in [0.2, 0.25) is 6.29 Å². The summed E-state index contributed by atoms with van der Waals surface area (Å²) in [5.41, 5.74) is 2.60. The highest BCUT2D eigenvalue weighted by atomic mass is 16.7. The van der Waals surface area contributed by atoms with Crippen LogP contribution in [0, 0.1) is 12.3 Å². The molecule has 1 saturated heterocycles. The zero-order chi connectivity index (χ0) is 23.1. The Morgan fingerprint density at radius 3 is 2.44 bits per heavy atom. The van der Waals surface area contributed by atoms with Gasteiger partial charge in [-0.2, -0.15) is 0 Å². The quantitative estimate of drug-likeness (QED) is 0.438. The summed E-state index contributed by atoms with van der Waals surface area (Å²) >= 11 is 0. The van der Waals surface area contributed by atoms with Crippen molar-refractivity contribution < 1.29 is 39.1 Å². The van der Waals surface area contributed by atoms with Crippen molar-refractivity contribution in [2.45, 2.75) is 44.1 Å². The van der Waals surface area contributed by atoms with E-state index < -0.39 is 36.9 Å². The summed E-state index contributed by atoms with van der Waals surface area (Å²) in [6, 6.07) is 14.7. The van der Waals surface area contributed by atoms with E-state index in [-0.39, 0.29) is 13.2 Å². The third kappa shape index (κ3) is 5.78. The second kappa shape index (κ2) is 11.0. The van der Waals surface area contributed by atoms with E-state index in [9.17, 15) is 20.1 Å². The molecule has 2 aromatic rings. The number of benzene rings is 2. The highest BCUT2D eigenvalue weighted by Gasteiger charge is 2.45. The smallest absolute Gasteiger partial charge is 0.462 e. The van der Waals surface area contributed by atoms with Crippen LogP contribution in [0.4, 0.5) is 4.79 Å². The van der Waals surface area contributed by atoms with Gasteiger partial charge in [-0.3, -0.25) is 0 Å². The first-order valence-electron chi connectivity index (χ1n) is 10.2. The number of rotatable bonds is 7. The van der Waals surface area contributed by atoms with Crippen molar-refractivity contribution in [3.63, 3.8) is 0 Å². The SMILES string of the molecule is C#Cc1ccc(Cc2ccccc2O[C@@H]2O[C@H](COC(=O)OCC)[C@@H](O)[C@H](O)[C@H]2O)cc1. The highest BCUT2D eigenvalue weighted by Crippen LogP contribution is 2.28. The number of terminal acetylenes is 1. The maximum atomic E-state index is 11.4. The maximum absolute atomic E-state index is 11.4. The predicted molar refractivity (Wildman–Crippen MR) is 114 cm³/mol. The van der Waals surface area contributed by atoms with Crippen molar-refractivity contribution in [3.05, 3.63) is 65.2 Å². The predicted octanol–water partition coefficient (Wildman–Crippen LogP) is 1.62. The third-order valence-corrected chi connectivity index (χ3v) is 5.03. The Bertz CT molecular complexity index is 936. The minimum absolute atomic E-state index is 0.127. The minimum Gasteiger partial charge on any atom is -0.462 e. The van der Waals surface area contributed by atoms with Gasteiger partial charge in [0.1, 0.15) is 36.8 Å². The number of aliphatic hydroxyl groups excluding tert-OH is 3. The van der Waals surface area contributed by atoms with Crippen LogP contribution in [0.2, 0.25) is 0 Å². The molecule has 3 N–H and O–H groups in total. The number of aliphatic hydroxyl groups is 3. The van der Waals surface area contributed by atoms with Gasteiger partial charge in [0, 0.05) is 12.0 Å². The number of hydrogen-bond acceptors (Lipinski definition) is 8. The Kier molecular flexibility index (Phi) is 8.09. The zero-order valence-electron chi connectivity index (χ0n) is 17.6. The summed E-state index contributed by atoms with van der Waals surface area (Å²) in [5.74, 6) is 3.01. The summed E-state index contributed by atoms with van der Waals surface area (Å²) in [6.45, 7) is 1.37. The number of para-hydroxylation sites is 1. The molecule has 0 bridgehead atoms. The second-order valence-electron chi connectivity index (χ2n) is 7.25. The Hall–Kier alpha value is -3.09. The van der Waals surface area contributed by atoms with E-state index in [0.717, 1.165) is 16.7 Å². The summed E-state index contributed by atoms with van der Waals surface area (Å²) in [4.78, 5) is 11.4. The Labute approximate surface area is 186 Å². The van der Waals surface area contributed by atoms with Gasteiger partial charge in [-0.1, -0.05) is 36.3 Å². The lowest BCUT2D eigenvalue weighted by molar-refractivity contribution is -0.278. The molecule has 5 atom stereocenters. The van der Waals surface area contributed by atoms with Gasteiger partial charge in [0.15, 0.2) is 0 Å². The molecule has 0 amide bonds. The van der Waals surface area contributed by atoms with Gasteiger partial charge in [-0.25, -0.2) is 4.79 Å². The first-order chi connectivity index (χ1) is 15.4. The van der Waals surface area contributed by atoms with Crippen molar-refractivity contribution in [2.75, 3.05) is 13.2 Å². The largest absolute Gasteiger partial charge is 0.508 e. The molecular weight excluding hydrogens is 416 g/mol. The fourth-order valence-electron chi connectivity index (χ4n) is 3.29. The molecule has 32 heavy (non-hydrogen) atoms. The van der Waals surface area contributed by atoms with Crippen molar-refractivity contribution in [1.29, 1.82) is 0 Å². The van der Waals surface area contributed by atoms with Crippen LogP contribution in [-0.2, 0) is 20.6 Å². The van der Waals surface area contributed by atoms with Crippen LogP contribution in [-0.4, -0.2) is 65.4 Å². The van der Waals surface area contributed by atoms with Crippen LogP contribution < -0.4 is 4.74 Å². The molecule has 0 aliphatic carbocycles. The minimum atomic E-state index is -1.56. The molecule has 1 heterocycles. The lowest BCUT2D eigenvalue weighted by atomic mass is 9.99. The Morgan fingerprint density at radius 1 is 1.03 bits per heavy atom. The molecule has 3 rings (SSSR count). The number of ether oxygens (including phenoxy) is 4. The number of carbonyl (C=O) groups is 1. The van der Waals surface area contributed by atoms with E-state index in [0.29, 0.717) is 12.2 Å². The van der Waals surface area contributed by atoms with E-state index in [1.54, 1.807) is 19.1 Å². The molecule has 0 saturated carbocycles. The molecule has 1 aliphatic rings. The second-order valence-corrected chi connectivity index (χ2v) is 7.25. The maximum Gasteiger partial charge on any atom is 0.508 e. The lowest BCUT2D eigenvalue weighted by Gasteiger charge is -2.40. The monoisotopic (exact) mass is 442 g/mol. The van der Waals surface area contributed by atoms with Crippen LogP contribution in [0.5, 0.6) is 5.75 Å². The summed E-state index contributed by atoms with van der Waals surface area (Å²) in [6.07, 6.45) is -1.98.